The summed E-state index contributed by atoms with van der Waals surface area (Å²) < 4.78 is 2.85. The van der Waals surface area contributed by atoms with Gasteiger partial charge in [0.1, 0.15) is 0 Å². The molecule has 1 heterocycles. The first-order chi connectivity index (χ1) is 10.5. The molecule has 4 nitrogen and oxygen atoms in total. The average Bonchev–Trinajstić information content (AvgIpc) is 2.71. The van der Waals surface area contributed by atoms with Crippen LogP contribution in [0.3, 0.4) is 0 Å². The number of benzene rings is 2. The smallest absolute Gasteiger partial charge is 0.431 e. The van der Waals surface area contributed by atoms with Crippen molar-refractivity contribution in [3.8, 4) is 0 Å². The summed E-state index contributed by atoms with van der Waals surface area (Å²) in [6.07, 6.45) is 0. The lowest BCUT2D eigenvalue weighted by molar-refractivity contribution is -0.929. The fourth-order valence-corrected chi connectivity index (χ4v) is 3.08. The van der Waals surface area contributed by atoms with Gasteiger partial charge in [0.25, 0.3) is 5.71 Å². The summed E-state index contributed by atoms with van der Waals surface area (Å²) in [5.41, 5.74) is 1.36. The van der Waals surface area contributed by atoms with Gasteiger partial charge in [-0.05, 0) is 36.4 Å². The third-order valence-electron chi connectivity index (χ3n) is 4.11. The molecule has 22 heavy (non-hydrogen) atoms. The number of hydrogen-bond donors (Lipinski definition) is 1. The van der Waals surface area contributed by atoms with Crippen LogP contribution in [-0.2, 0) is 5.66 Å². The lowest BCUT2D eigenvalue weighted by atomic mass is 10.0. The van der Waals surface area contributed by atoms with E-state index in [0.717, 1.165) is 25.1 Å². The Morgan fingerprint density at radius 2 is 1.64 bits per heavy atom. The Kier molecular flexibility index (Phi) is 3.53. The van der Waals surface area contributed by atoms with Crippen LogP contribution < -0.4 is 0 Å². The Bertz CT molecular complexity index is 782. The molecule has 0 radical (unpaired) electrons. The van der Waals surface area contributed by atoms with Crippen molar-refractivity contribution in [1.29, 1.82) is 0 Å². The number of hydroxylamine groups is 2. The van der Waals surface area contributed by atoms with Crippen molar-refractivity contribution in [3.63, 3.8) is 0 Å². The van der Waals surface area contributed by atoms with Gasteiger partial charge in [0, 0.05) is 11.4 Å². The van der Waals surface area contributed by atoms with Crippen molar-refractivity contribution in [2.45, 2.75) is 19.5 Å². The van der Waals surface area contributed by atoms with E-state index in [1.54, 1.807) is 13.8 Å². The van der Waals surface area contributed by atoms with E-state index in [4.69, 9.17) is 0 Å². The van der Waals surface area contributed by atoms with Gasteiger partial charge in [-0.2, -0.15) is 0 Å². The van der Waals surface area contributed by atoms with Gasteiger partial charge in [-0.3, -0.25) is 5.21 Å². The third-order valence-corrected chi connectivity index (χ3v) is 4.63. The molecule has 0 aromatic heterocycles. The Morgan fingerprint density at radius 3 is 2.23 bits per heavy atom. The second-order valence-corrected chi connectivity index (χ2v) is 6.35. The Hall–Kier alpha value is -2.14. The molecule has 0 amide bonds. The first-order valence-corrected chi connectivity index (χ1v) is 7.74. The molecule has 2 aromatic rings. The van der Waals surface area contributed by atoms with E-state index in [1.807, 2.05) is 54.6 Å². The van der Waals surface area contributed by atoms with Gasteiger partial charge >= 0.3 is 11.4 Å². The summed E-state index contributed by atoms with van der Waals surface area (Å²) in [6.45, 7) is 3.44. The lowest BCUT2D eigenvalue weighted by Crippen LogP contribution is -2.40. The van der Waals surface area contributed by atoms with E-state index in [1.165, 1.54) is 0 Å². The van der Waals surface area contributed by atoms with E-state index < -0.39 is 5.66 Å². The molecule has 3 rings (SSSR count). The molecule has 0 bridgehead atoms. The zero-order valence-electron chi connectivity index (χ0n) is 12.3. The molecule has 0 saturated heterocycles. The maximum Gasteiger partial charge on any atom is 0.431 e. The van der Waals surface area contributed by atoms with Gasteiger partial charge < -0.3 is 5.21 Å². The fourth-order valence-electron chi connectivity index (χ4n) is 2.81. The molecular weight excluding hydrogens is 344 g/mol. The van der Waals surface area contributed by atoms with Crippen molar-refractivity contribution in [2.24, 2.45) is 0 Å². The summed E-state index contributed by atoms with van der Waals surface area (Å²) in [6, 6.07) is 16.8. The molecule has 0 saturated carbocycles. The number of halogens is 1. The monoisotopic (exact) mass is 359 g/mol. The standard InChI is InChI=1S/C17H16BrN2O2/c1-12-16(13-6-4-3-5-7-13)20(22)17(2,19(12)21)14-8-10-15(18)11-9-14/h3-11,22H,1-2H3/q+1/t17-/m1/s1. The van der Waals surface area contributed by atoms with Crippen LogP contribution in [0.1, 0.15) is 25.0 Å². The molecule has 0 spiro atoms. The SMILES string of the molecule is CC1=[N+]([O-])[C@@](C)(c2ccc(Br)cc2)[N+](O)=C1c1ccccc1. The molecule has 1 atom stereocenters. The lowest BCUT2D eigenvalue weighted by Gasteiger charge is -2.17. The summed E-state index contributed by atoms with van der Waals surface area (Å²) in [5, 5.41) is 23.5. The predicted molar refractivity (Wildman–Crippen MR) is 88.4 cm³/mol. The molecule has 0 aliphatic carbocycles. The fraction of sp³-hybridized carbons (Fsp3) is 0.176. The number of nitrogens with zero attached hydrogens (tertiary/aromatic N) is 2. The Labute approximate surface area is 137 Å². The van der Waals surface area contributed by atoms with Crippen LogP contribution in [0, 0.1) is 5.21 Å². The minimum atomic E-state index is -1.18. The molecule has 0 unspecified atom stereocenters. The van der Waals surface area contributed by atoms with Crippen molar-refractivity contribution in [1.82, 2.24) is 0 Å². The molecule has 2 aromatic carbocycles. The largest absolute Gasteiger partial charge is 0.618 e. The first kappa shape index (κ1) is 14.8. The van der Waals surface area contributed by atoms with Gasteiger partial charge in [-0.25, -0.2) is 0 Å². The van der Waals surface area contributed by atoms with Gasteiger partial charge in [-0.15, -0.1) is 4.74 Å². The Balaban J connectivity index is 2.21. The Morgan fingerprint density at radius 1 is 1.05 bits per heavy atom. The van der Waals surface area contributed by atoms with E-state index in [2.05, 4.69) is 15.9 Å². The number of hydrogen-bond acceptors (Lipinski definition) is 2. The average molecular weight is 360 g/mol. The van der Waals surface area contributed by atoms with Gasteiger partial charge in [-0.1, -0.05) is 34.1 Å². The van der Waals surface area contributed by atoms with Crippen LogP contribution in [0.2, 0.25) is 0 Å². The minimum Gasteiger partial charge on any atom is -0.618 e. The van der Waals surface area contributed by atoms with Gasteiger partial charge in [0.15, 0.2) is 0 Å². The van der Waals surface area contributed by atoms with E-state index in [-0.39, 0.29) is 0 Å². The quantitative estimate of drug-likeness (QED) is 0.506. The second kappa shape index (κ2) is 5.25. The highest BCUT2D eigenvalue weighted by atomic mass is 79.9. The van der Waals surface area contributed by atoms with Crippen molar-refractivity contribution < 1.29 is 14.7 Å². The zero-order chi connectivity index (χ0) is 15.9. The highest BCUT2D eigenvalue weighted by Gasteiger charge is 2.58. The van der Waals surface area contributed by atoms with Crippen LogP contribution in [-0.4, -0.2) is 26.1 Å². The van der Waals surface area contributed by atoms with Crippen molar-refractivity contribution in [2.75, 3.05) is 0 Å². The van der Waals surface area contributed by atoms with E-state index in [0.29, 0.717) is 11.4 Å². The van der Waals surface area contributed by atoms with Gasteiger partial charge in [0.2, 0.25) is 0 Å². The third kappa shape index (κ3) is 2.04. The highest BCUT2D eigenvalue weighted by Crippen LogP contribution is 2.31. The molecule has 5 heteroatoms. The van der Waals surface area contributed by atoms with Crippen LogP contribution in [0.25, 0.3) is 0 Å². The topological polar surface area (TPSA) is 49.3 Å². The summed E-state index contributed by atoms with van der Waals surface area (Å²) in [4.78, 5) is 0. The zero-order valence-corrected chi connectivity index (χ0v) is 13.9. The summed E-state index contributed by atoms with van der Waals surface area (Å²) in [7, 11) is 0. The van der Waals surface area contributed by atoms with Crippen molar-refractivity contribution in [3.05, 3.63) is 75.4 Å². The molecule has 1 N–H and O–H groups in total. The van der Waals surface area contributed by atoms with Gasteiger partial charge in [0.05, 0.1) is 22.8 Å². The van der Waals surface area contributed by atoms with Crippen molar-refractivity contribution >= 4 is 27.4 Å². The molecular formula is C17H16BrN2O2+. The van der Waals surface area contributed by atoms with E-state index in [9.17, 15) is 10.4 Å². The van der Waals surface area contributed by atoms with Crippen LogP contribution in [0.15, 0.2) is 59.1 Å². The van der Waals surface area contributed by atoms with E-state index >= 15 is 0 Å². The second-order valence-electron chi connectivity index (χ2n) is 5.43. The van der Waals surface area contributed by atoms with Crippen LogP contribution in [0.4, 0.5) is 0 Å². The maximum atomic E-state index is 12.8. The number of rotatable bonds is 2. The molecule has 112 valence electrons. The summed E-state index contributed by atoms with van der Waals surface area (Å²) in [5.74, 6) is 0. The maximum absolute atomic E-state index is 12.8. The normalized spacial score (nSPS) is 21.6. The summed E-state index contributed by atoms with van der Waals surface area (Å²) >= 11 is 3.38. The molecule has 1 aliphatic rings. The predicted octanol–water partition coefficient (Wildman–Crippen LogP) is 3.50. The first-order valence-electron chi connectivity index (χ1n) is 6.95. The minimum absolute atomic E-state index is 0.485. The molecule has 0 fully saturated rings. The molecule has 1 aliphatic heterocycles. The van der Waals surface area contributed by atoms with Crippen LogP contribution in [0.5, 0.6) is 0 Å². The highest BCUT2D eigenvalue weighted by molar-refractivity contribution is 9.10. The van der Waals surface area contributed by atoms with Crippen LogP contribution >= 0.6 is 15.9 Å².